The summed E-state index contributed by atoms with van der Waals surface area (Å²) in [6.45, 7) is 13.1. The standard InChI is InChI=1S/C13H26/c1-6-8-9-13(10-11(3)4)12(5)7-2/h12-13H,3,6-10H2,1-2,4-5H3. The summed E-state index contributed by atoms with van der Waals surface area (Å²) in [5.41, 5.74) is 1.35. The van der Waals surface area contributed by atoms with Crippen molar-refractivity contribution in [3.63, 3.8) is 0 Å². The molecule has 2 unspecified atom stereocenters. The van der Waals surface area contributed by atoms with Crippen LogP contribution >= 0.6 is 0 Å². The molecule has 2 atom stereocenters. The molecule has 78 valence electrons. The molecule has 0 heteroatoms. The molecule has 0 rings (SSSR count). The highest BCUT2D eigenvalue weighted by Gasteiger charge is 2.14. The van der Waals surface area contributed by atoms with Crippen LogP contribution in [-0.2, 0) is 0 Å². The van der Waals surface area contributed by atoms with Crippen LogP contribution in [0.15, 0.2) is 12.2 Å². The van der Waals surface area contributed by atoms with Crippen molar-refractivity contribution in [3.8, 4) is 0 Å². The van der Waals surface area contributed by atoms with Gasteiger partial charge < -0.3 is 0 Å². The molecule has 0 amide bonds. The van der Waals surface area contributed by atoms with Gasteiger partial charge in [-0.1, -0.05) is 45.6 Å². The SMILES string of the molecule is C=C(C)CC(CCCC)C(C)CC. The van der Waals surface area contributed by atoms with E-state index < -0.39 is 0 Å². The first-order valence-corrected chi connectivity index (χ1v) is 5.76. The van der Waals surface area contributed by atoms with E-state index in [1.807, 2.05) is 0 Å². The van der Waals surface area contributed by atoms with Gasteiger partial charge in [0, 0.05) is 0 Å². The maximum atomic E-state index is 4.02. The lowest BCUT2D eigenvalue weighted by Crippen LogP contribution is -2.11. The molecule has 0 aliphatic heterocycles. The second kappa shape index (κ2) is 7.17. The van der Waals surface area contributed by atoms with E-state index >= 15 is 0 Å². The zero-order chi connectivity index (χ0) is 10.3. The smallest absolute Gasteiger partial charge is 0.0295 e. The molecule has 0 aromatic rings. The molecule has 0 fully saturated rings. The van der Waals surface area contributed by atoms with Crippen molar-refractivity contribution >= 4 is 0 Å². The van der Waals surface area contributed by atoms with Crippen LogP contribution in [0.4, 0.5) is 0 Å². The summed E-state index contributed by atoms with van der Waals surface area (Å²) in [4.78, 5) is 0. The van der Waals surface area contributed by atoms with Gasteiger partial charge in [-0.15, -0.1) is 6.58 Å². The third-order valence-electron chi connectivity index (χ3n) is 2.99. The van der Waals surface area contributed by atoms with E-state index in [-0.39, 0.29) is 0 Å². The maximum Gasteiger partial charge on any atom is -0.0295 e. The Morgan fingerprint density at radius 1 is 1.31 bits per heavy atom. The monoisotopic (exact) mass is 182 g/mol. The molecule has 0 bridgehead atoms. The molecule has 0 aromatic heterocycles. The van der Waals surface area contributed by atoms with Crippen LogP contribution in [0.3, 0.4) is 0 Å². The lowest BCUT2D eigenvalue weighted by atomic mass is 9.83. The minimum absolute atomic E-state index is 0.864. The number of rotatable bonds is 7. The molecule has 0 saturated carbocycles. The van der Waals surface area contributed by atoms with Gasteiger partial charge in [0.25, 0.3) is 0 Å². The molecular weight excluding hydrogens is 156 g/mol. The van der Waals surface area contributed by atoms with Crippen molar-refractivity contribution < 1.29 is 0 Å². The first kappa shape index (κ1) is 12.7. The van der Waals surface area contributed by atoms with Gasteiger partial charge >= 0.3 is 0 Å². The van der Waals surface area contributed by atoms with Crippen LogP contribution in [0.1, 0.15) is 59.8 Å². The average Bonchev–Trinajstić information content (AvgIpc) is 2.10. The van der Waals surface area contributed by atoms with Gasteiger partial charge in [-0.2, -0.15) is 0 Å². The number of unbranched alkanes of at least 4 members (excludes halogenated alkanes) is 1. The van der Waals surface area contributed by atoms with Gasteiger partial charge in [-0.25, -0.2) is 0 Å². The van der Waals surface area contributed by atoms with E-state index in [9.17, 15) is 0 Å². The van der Waals surface area contributed by atoms with Gasteiger partial charge in [0.05, 0.1) is 0 Å². The van der Waals surface area contributed by atoms with Crippen LogP contribution in [0.5, 0.6) is 0 Å². The maximum absolute atomic E-state index is 4.02. The van der Waals surface area contributed by atoms with Crippen LogP contribution in [0, 0.1) is 11.8 Å². The Bertz CT molecular complexity index is 135. The summed E-state index contributed by atoms with van der Waals surface area (Å²) < 4.78 is 0. The topological polar surface area (TPSA) is 0 Å². The van der Waals surface area contributed by atoms with Crippen LogP contribution < -0.4 is 0 Å². The summed E-state index contributed by atoms with van der Waals surface area (Å²) in [5.74, 6) is 1.74. The Labute approximate surface area is 84.4 Å². The highest BCUT2D eigenvalue weighted by atomic mass is 14.2. The minimum Gasteiger partial charge on any atom is -0.100 e. The molecule has 0 saturated heterocycles. The fourth-order valence-corrected chi connectivity index (χ4v) is 1.83. The van der Waals surface area contributed by atoms with E-state index in [0.717, 1.165) is 11.8 Å². The molecule has 0 aliphatic rings. The molecule has 13 heavy (non-hydrogen) atoms. The highest BCUT2D eigenvalue weighted by molar-refractivity contribution is 4.91. The van der Waals surface area contributed by atoms with Crippen molar-refractivity contribution in [1.29, 1.82) is 0 Å². The third-order valence-corrected chi connectivity index (χ3v) is 2.99. The number of allylic oxidation sites excluding steroid dienone is 1. The highest BCUT2D eigenvalue weighted by Crippen LogP contribution is 2.26. The van der Waals surface area contributed by atoms with Gasteiger partial charge in [0.2, 0.25) is 0 Å². The third kappa shape index (κ3) is 5.90. The van der Waals surface area contributed by atoms with Crippen LogP contribution in [0.2, 0.25) is 0 Å². The van der Waals surface area contributed by atoms with Crippen molar-refractivity contribution in [1.82, 2.24) is 0 Å². The summed E-state index contributed by atoms with van der Waals surface area (Å²) in [5, 5.41) is 0. The summed E-state index contributed by atoms with van der Waals surface area (Å²) >= 11 is 0. The van der Waals surface area contributed by atoms with E-state index in [0.29, 0.717) is 0 Å². The second-order valence-corrected chi connectivity index (χ2v) is 4.45. The first-order chi connectivity index (χ1) is 6.11. The minimum atomic E-state index is 0.864. The predicted octanol–water partition coefficient (Wildman–Crippen LogP) is 4.81. The lowest BCUT2D eigenvalue weighted by molar-refractivity contribution is 0.317. The zero-order valence-corrected chi connectivity index (χ0v) is 9.90. The number of hydrogen-bond acceptors (Lipinski definition) is 0. The van der Waals surface area contributed by atoms with Gasteiger partial charge in [-0.05, 0) is 31.6 Å². The normalized spacial score (nSPS) is 15.4. The van der Waals surface area contributed by atoms with Gasteiger partial charge in [0.15, 0.2) is 0 Å². The second-order valence-electron chi connectivity index (χ2n) is 4.45. The summed E-state index contributed by atoms with van der Waals surface area (Å²) in [7, 11) is 0. The Balaban J connectivity index is 3.94. The molecule has 0 N–H and O–H groups in total. The van der Waals surface area contributed by atoms with E-state index in [4.69, 9.17) is 0 Å². The molecule has 0 nitrogen and oxygen atoms in total. The molecule has 0 aliphatic carbocycles. The molecule has 0 aromatic carbocycles. The zero-order valence-electron chi connectivity index (χ0n) is 9.90. The Morgan fingerprint density at radius 3 is 2.31 bits per heavy atom. The summed E-state index contributed by atoms with van der Waals surface area (Å²) in [6, 6.07) is 0. The lowest BCUT2D eigenvalue weighted by Gasteiger charge is -2.22. The predicted molar refractivity (Wildman–Crippen MR) is 61.9 cm³/mol. The van der Waals surface area contributed by atoms with Gasteiger partial charge in [0.1, 0.15) is 0 Å². The van der Waals surface area contributed by atoms with Crippen LogP contribution in [0.25, 0.3) is 0 Å². The molecular formula is C13H26. The largest absolute Gasteiger partial charge is 0.100 e. The van der Waals surface area contributed by atoms with Crippen molar-refractivity contribution in [2.75, 3.05) is 0 Å². The van der Waals surface area contributed by atoms with Crippen molar-refractivity contribution in [3.05, 3.63) is 12.2 Å². The average molecular weight is 182 g/mol. The van der Waals surface area contributed by atoms with E-state index in [1.165, 1.54) is 37.7 Å². The van der Waals surface area contributed by atoms with E-state index in [1.54, 1.807) is 0 Å². The molecule has 0 heterocycles. The quantitative estimate of drug-likeness (QED) is 0.496. The van der Waals surface area contributed by atoms with Gasteiger partial charge in [-0.3, -0.25) is 0 Å². The Hall–Kier alpha value is -0.260. The Kier molecular flexibility index (Phi) is 7.03. The Morgan fingerprint density at radius 2 is 1.92 bits per heavy atom. The van der Waals surface area contributed by atoms with Crippen molar-refractivity contribution in [2.24, 2.45) is 11.8 Å². The fourth-order valence-electron chi connectivity index (χ4n) is 1.83. The number of hydrogen-bond donors (Lipinski definition) is 0. The molecule has 0 radical (unpaired) electrons. The first-order valence-electron chi connectivity index (χ1n) is 5.76. The van der Waals surface area contributed by atoms with Crippen LogP contribution in [-0.4, -0.2) is 0 Å². The molecule has 0 spiro atoms. The summed E-state index contributed by atoms with van der Waals surface area (Å²) in [6.07, 6.45) is 6.63. The van der Waals surface area contributed by atoms with Crippen molar-refractivity contribution in [2.45, 2.75) is 59.8 Å². The van der Waals surface area contributed by atoms with E-state index in [2.05, 4.69) is 34.3 Å². The fraction of sp³-hybridized carbons (Fsp3) is 0.846.